The number of unbranched alkanes of at least 4 members (excludes halogenated alkanes) is 6. The van der Waals surface area contributed by atoms with Gasteiger partial charge in [-0.3, -0.25) is 4.68 Å². The van der Waals surface area contributed by atoms with Crippen LogP contribution < -0.4 is 0 Å². The number of halogens is 3. The highest BCUT2D eigenvalue weighted by molar-refractivity contribution is 5.23. The molecule has 1 aromatic heterocycles. The average Bonchev–Trinajstić information content (AvgIpc) is 2.79. The van der Waals surface area contributed by atoms with Crippen LogP contribution in [0, 0.1) is 0 Å². The second-order valence-corrected chi connectivity index (χ2v) is 5.49. The third-order valence-electron chi connectivity index (χ3n) is 3.69. The molecule has 1 rings (SSSR count). The summed E-state index contributed by atoms with van der Waals surface area (Å²) < 4.78 is 39.6. The first-order valence-corrected chi connectivity index (χ1v) is 7.65. The fraction of sp³-hybridized carbons (Fsp3) is 0.800. The van der Waals surface area contributed by atoms with Crippen molar-refractivity contribution < 1.29 is 18.3 Å². The summed E-state index contributed by atoms with van der Waals surface area (Å²) in [6, 6.07) is 0. The first kappa shape index (κ1) is 18.0. The second kappa shape index (κ2) is 8.41. The van der Waals surface area contributed by atoms with Crippen molar-refractivity contribution in [3.05, 3.63) is 17.5 Å². The summed E-state index contributed by atoms with van der Waals surface area (Å²) in [7, 11) is 1.43. The fourth-order valence-corrected chi connectivity index (χ4v) is 2.49. The van der Waals surface area contributed by atoms with Gasteiger partial charge in [-0.2, -0.15) is 18.3 Å². The second-order valence-electron chi connectivity index (χ2n) is 5.49. The molecule has 0 bridgehead atoms. The molecule has 0 aliphatic rings. The molecule has 0 saturated heterocycles. The Morgan fingerprint density at radius 3 is 2.29 bits per heavy atom. The molecule has 0 aromatic carbocycles. The molecular weight excluding hydrogens is 281 g/mol. The first-order chi connectivity index (χ1) is 9.88. The van der Waals surface area contributed by atoms with E-state index in [4.69, 9.17) is 0 Å². The Balaban J connectivity index is 2.42. The van der Waals surface area contributed by atoms with Crippen LogP contribution >= 0.6 is 0 Å². The van der Waals surface area contributed by atoms with Gasteiger partial charge >= 0.3 is 6.18 Å². The molecule has 3 nitrogen and oxygen atoms in total. The number of aromatic nitrogens is 2. The van der Waals surface area contributed by atoms with Gasteiger partial charge in [0.1, 0.15) is 0 Å². The molecular formula is C15H25F3N2O. The van der Waals surface area contributed by atoms with E-state index in [-0.39, 0.29) is 5.69 Å². The summed E-state index contributed by atoms with van der Waals surface area (Å²) in [5.74, 6) is 0. The molecule has 21 heavy (non-hydrogen) atoms. The zero-order valence-corrected chi connectivity index (χ0v) is 12.8. The number of aliphatic hydroxyl groups excluding tert-OH is 1. The highest BCUT2D eigenvalue weighted by Crippen LogP contribution is 2.35. The van der Waals surface area contributed by atoms with E-state index in [9.17, 15) is 18.3 Å². The first-order valence-electron chi connectivity index (χ1n) is 7.65. The number of hydrogen-bond acceptors (Lipinski definition) is 2. The van der Waals surface area contributed by atoms with E-state index in [1.807, 2.05) is 0 Å². The zero-order chi connectivity index (χ0) is 15.9. The van der Waals surface area contributed by atoms with Crippen molar-refractivity contribution in [2.75, 3.05) is 0 Å². The summed E-state index contributed by atoms with van der Waals surface area (Å²) in [5, 5.41) is 13.6. The number of alkyl halides is 3. The van der Waals surface area contributed by atoms with Gasteiger partial charge in [-0.05, 0) is 6.42 Å². The van der Waals surface area contributed by atoms with Crippen molar-refractivity contribution in [3.63, 3.8) is 0 Å². The molecule has 0 fully saturated rings. The van der Waals surface area contributed by atoms with E-state index in [1.54, 1.807) is 0 Å². The van der Waals surface area contributed by atoms with Crippen molar-refractivity contribution in [1.82, 2.24) is 9.78 Å². The third-order valence-corrected chi connectivity index (χ3v) is 3.69. The number of aliphatic hydroxyl groups is 1. The lowest BCUT2D eigenvalue weighted by molar-refractivity contribution is -0.139. The van der Waals surface area contributed by atoms with Crippen molar-refractivity contribution in [3.8, 4) is 0 Å². The Bertz CT molecular complexity index is 416. The molecule has 6 heteroatoms. The molecule has 1 atom stereocenters. The minimum atomic E-state index is -4.47. The number of aryl methyl sites for hydroxylation is 1. The maximum Gasteiger partial charge on any atom is 0.419 e. The van der Waals surface area contributed by atoms with Crippen LogP contribution in [0.5, 0.6) is 0 Å². The van der Waals surface area contributed by atoms with Gasteiger partial charge in [0.15, 0.2) is 0 Å². The van der Waals surface area contributed by atoms with Gasteiger partial charge in [0, 0.05) is 7.05 Å². The van der Waals surface area contributed by atoms with Gasteiger partial charge in [0.25, 0.3) is 0 Å². The standard InChI is InChI=1S/C15H25F3N2O/c1-3-4-5-6-7-8-9-10-13(21)14-12(15(16,17)18)11-19-20(14)2/h11,13,21H,3-10H2,1-2H3. The summed E-state index contributed by atoms with van der Waals surface area (Å²) in [6.45, 7) is 2.16. The average molecular weight is 306 g/mol. The molecule has 1 unspecified atom stereocenters. The summed E-state index contributed by atoms with van der Waals surface area (Å²) in [4.78, 5) is 0. The fourth-order valence-electron chi connectivity index (χ4n) is 2.49. The van der Waals surface area contributed by atoms with Crippen LogP contribution in [0.2, 0.25) is 0 Å². The maximum absolute atomic E-state index is 12.8. The van der Waals surface area contributed by atoms with Crippen LogP contribution in [0.1, 0.15) is 75.7 Å². The minimum absolute atomic E-state index is 0.131. The maximum atomic E-state index is 12.8. The predicted molar refractivity (Wildman–Crippen MR) is 75.8 cm³/mol. The lowest BCUT2D eigenvalue weighted by atomic mass is 10.0. The van der Waals surface area contributed by atoms with Gasteiger partial charge in [-0.25, -0.2) is 0 Å². The molecule has 122 valence electrons. The SMILES string of the molecule is CCCCCCCCCC(O)c1c(C(F)(F)F)cnn1C. The Labute approximate surface area is 124 Å². The zero-order valence-electron chi connectivity index (χ0n) is 12.8. The topological polar surface area (TPSA) is 38.1 Å². The van der Waals surface area contributed by atoms with E-state index in [1.165, 1.54) is 26.3 Å². The monoisotopic (exact) mass is 306 g/mol. The van der Waals surface area contributed by atoms with Crippen LogP contribution in [-0.4, -0.2) is 14.9 Å². The summed E-state index contributed by atoms with van der Waals surface area (Å²) >= 11 is 0. The molecule has 0 aliphatic carbocycles. The van der Waals surface area contributed by atoms with Gasteiger partial charge in [0.2, 0.25) is 0 Å². The van der Waals surface area contributed by atoms with Crippen LogP contribution in [0.4, 0.5) is 13.2 Å². The lowest BCUT2D eigenvalue weighted by Crippen LogP contribution is -2.13. The number of hydrogen-bond donors (Lipinski definition) is 1. The quantitative estimate of drug-likeness (QED) is 0.676. The number of rotatable bonds is 9. The predicted octanol–water partition coefficient (Wildman–Crippen LogP) is 4.61. The van der Waals surface area contributed by atoms with Crippen molar-refractivity contribution >= 4 is 0 Å². The van der Waals surface area contributed by atoms with Gasteiger partial charge in [-0.1, -0.05) is 51.9 Å². The Kier molecular flexibility index (Phi) is 7.22. The molecule has 0 radical (unpaired) electrons. The van der Waals surface area contributed by atoms with E-state index < -0.39 is 17.8 Å². The van der Waals surface area contributed by atoms with Gasteiger partial charge in [0.05, 0.1) is 23.6 Å². The largest absolute Gasteiger partial charge is 0.419 e. The van der Waals surface area contributed by atoms with Crippen molar-refractivity contribution in [2.24, 2.45) is 7.05 Å². The van der Waals surface area contributed by atoms with Crippen LogP contribution in [0.25, 0.3) is 0 Å². The van der Waals surface area contributed by atoms with Crippen molar-refractivity contribution in [2.45, 2.75) is 70.6 Å². The number of nitrogens with zero attached hydrogens (tertiary/aromatic N) is 2. The van der Waals surface area contributed by atoms with Gasteiger partial charge in [-0.15, -0.1) is 0 Å². The minimum Gasteiger partial charge on any atom is -0.387 e. The third kappa shape index (κ3) is 5.69. The smallest absolute Gasteiger partial charge is 0.387 e. The summed E-state index contributed by atoms with van der Waals surface area (Å²) in [6.07, 6.45) is 3.09. The highest BCUT2D eigenvalue weighted by atomic mass is 19.4. The molecule has 0 saturated carbocycles. The van der Waals surface area contributed by atoms with Gasteiger partial charge < -0.3 is 5.11 Å². The Morgan fingerprint density at radius 1 is 1.14 bits per heavy atom. The highest BCUT2D eigenvalue weighted by Gasteiger charge is 2.37. The Morgan fingerprint density at radius 2 is 1.71 bits per heavy atom. The van der Waals surface area contributed by atoms with Crippen molar-refractivity contribution in [1.29, 1.82) is 0 Å². The molecule has 1 N–H and O–H groups in total. The molecule has 1 aromatic rings. The molecule has 0 aliphatic heterocycles. The summed E-state index contributed by atoms with van der Waals surface area (Å²) in [5.41, 5.74) is -0.964. The van der Waals surface area contributed by atoms with E-state index >= 15 is 0 Å². The van der Waals surface area contributed by atoms with Crippen LogP contribution in [0.15, 0.2) is 6.20 Å². The normalized spacial score (nSPS) is 13.6. The molecule has 0 spiro atoms. The van der Waals surface area contributed by atoms with E-state index in [0.29, 0.717) is 6.42 Å². The van der Waals surface area contributed by atoms with Crippen LogP contribution in [-0.2, 0) is 13.2 Å². The Hall–Kier alpha value is -1.04. The molecule has 0 amide bonds. The lowest BCUT2D eigenvalue weighted by Gasteiger charge is -2.15. The van der Waals surface area contributed by atoms with E-state index in [0.717, 1.165) is 36.6 Å². The van der Waals surface area contributed by atoms with E-state index in [2.05, 4.69) is 12.0 Å². The molecule has 1 heterocycles. The van der Waals surface area contributed by atoms with Crippen LogP contribution in [0.3, 0.4) is 0 Å².